The van der Waals surface area contributed by atoms with Gasteiger partial charge >= 0.3 is 0 Å². The van der Waals surface area contributed by atoms with Gasteiger partial charge in [-0.3, -0.25) is 4.99 Å². The average Bonchev–Trinajstić information content (AvgIpc) is 3.25. The minimum atomic E-state index is 0. The number of hydrogen-bond donors (Lipinski definition) is 2. The van der Waals surface area contributed by atoms with Crippen LogP contribution in [-0.2, 0) is 25.7 Å². The van der Waals surface area contributed by atoms with Crippen LogP contribution in [0.4, 0.5) is 0 Å². The molecule has 1 aliphatic rings. The van der Waals surface area contributed by atoms with Crippen molar-refractivity contribution in [1.29, 1.82) is 0 Å². The Morgan fingerprint density at radius 1 is 1.24 bits per heavy atom. The van der Waals surface area contributed by atoms with Crippen molar-refractivity contribution in [3.63, 3.8) is 0 Å². The van der Waals surface area contributed by atoms with Gasteiger partial charge < -0.3 is 15.1 Å². The summed E-state index contributed by atoms with van der Waals surface area (Å²) in [6.07, 6.45) is 9.73. The third kappa shape index (κ3) is 6.29. The van der Waals surface area contributed by atoms with Crippen LogP contribution in [-0.4, -0.2) is 31.1 Å². The van der Waals surface area contributed by atoms with E-state index in [2.05, 4.69) is 15.6 Å². The van der Waals surface area contributed by atoms with E-state index in [1.54, 1.807) is 13.3 Å². The zero-order valence-electron chi connectivity index (χ0n) is 14.7. The summed E-state index contributed by atoms with van der Waals surface area (Å²) in [6, 6.07) is 3.91. The standard InChI is InChI=1S/C18H26N4OS.HI/c1-19-18(21-12-10-14-6-5-13-23-14)20-11-4-9-17-22-15-7-2-3-8-16(15)24-17;/h5-6,13H,2-4,7-12H2,1H3,(H2,19,20,21);1H. The van der Waals surface area contributed by atoms with Crippen molar-refractivity contribution in [3.8, 4) is 0 Å². The molecule has 2 heterocycles. The van der Waals surface area contributed by atoms with E-state index < -0.39 is 0 Å². The normalized spacial score (nSPS) is 13.9. The van der Waals surface area contributed by atoms with E-state index in [-0.39, 0.29) is 24.0 Å². The molecule has 0 fully saturated rings. The van der Waals surface area contributed by atoms with Crippen LogP contribution < -0.4 is 10.6 Å². The van der Waals surface area contributed by atoms with Gasteiger partial charge in [0.2, 0.25) is 0 Å². The first-order valence-corrected chi connectivity index (χ1v) is 9.61. The van der Waals surface area contributed by atoms with Crippen LogP contribution in [0, 0.1) is 0 Å². The number of nitrogens with zero attached hydrogens (tertiary/aromatic N) is 2. The Morgan fingerprint density at radius 2 is 2.08 bits per heavy atom. The highest BCUT2D eigenvalue weighted by atomic mass is 127. The average molecular weight is 474 g/mol. The van der Waals surface area contributed by atoms with Gasteiger partial charge in [0.25, 0.3) is 0 Å². The Hall–Kier alpha value is -1.09. The van der Waals surface area contributed by atoms with Crippen molar-refractivity contribution < 1.29 is 4.42 Å². The topological polar surface area (TPSA) is 62.5 Å². The number of rotatable bonds is 7. The molecule has 7 heteroatoms. The molecule has 0 spiro atoms. The summed E-state index contributed by atoms with van der Waals surface area (Å²) in [7, 11) is 1.80. The Balaban J connectivity index is 0.00000225. The van der Waals surface area contributed by atoms with Crippen LogP contribution in [0.5, 0.6) is 0 Å². The minimum Gasteiger partial charge on any atom is -0.469 e. The monoisotopic (exact) mass is 474 g/mol. The second-order valence-electron chi connectivity index (χ2n) is 6.04. The van der Waals surface area contributed by atoms with Gasteiger partial charge in [0.15, 0.2) is 5.96 Å². The molecule has 0 saturated carbocycles. The summed E-state index contributed by atoms with van der Waals surface area (Å²) in [5, 5.41) is 7.97. The first-order chi connectivity index (χ1) is 11.8. The molecular weight excluding hydrogens is 447 g/mol. The Bertz CT molecular complexity index is 631. The molecule has 138 valence electrons. The van der Waals surface area contributed by atoms with Gasteiger partial charge in [0.05, 0.1) is 17.0 Å². The predicted molar refractivity (Wildman–Crippen MR) is 114 cm³/mol. The quantitative estimate of drug-likeness (QED) is 0.279. The van der Waals surface area contributed by atoms with Gasteiger partial charge in [0, 0.05) is 37.9 Å². The molecule has 5 nitrogen and oxygen atoms in total. The van der Waals surface area contributed by atoms with Crippen molar-refractivity contribution in [3.05, 3.63) is 39.7 Å². The van der Waals surface area contributed by atoms with Gasteiger partial charge in [-0.1, -0.05) is 0 Å². The maximum absolute atomic E-state index is 5.32. The lowest BCUT2D eigenvalue weighted by Crippen LogP contribution is -2.38. The fourth-order valence-corrected chi connectivity index (χ4v) is 4.14. The van der Waals surface area contributed by atoms with Gasteiger partial charge in [0.1, 0.15) is 5.76 Å². The fraction of sp³-hybridized carbons (Fsp3) is 0.556. The molecule has 2 aromatic heterocycles. The molecule has 0 saturated heterocycles. The zero-order chi connectivity index (χ0) is 16.6. The van der Waals surface area contributed by atoms with Gasteiger partial charge in [-0.2, -0.15) is 0 Å². The highest BCUT2D eigenvalue weighted by molar-refractivity contribution is 14.0. The lowest BCUT2D eigenvalue weighted by molar-refractivity contribution is 0.506. The number of aliphatic imine (C=N–C) groups is 1. The first kappa shape index (κ1) is 20.2. The fourth-order valence-electron chi connectivity index (χ4n) is 2.94. The van der Waals surface area contributed by atoms with Crippen LogP contribution >= 0.6 is 35.3 Å². The number of aromatic nitrogens is 1. The first-order valence-electron chi connectivity index (χ1n) is 8.79. The number of aryl methyl sites for hydroxylation is 3. The zero-order valence-corrected chi connectivity index (χ0v) is 17.9. The molecular formula is C18H27IN4OS. The van der Waals surface area contributed by atoms with Crippen LogP contribution in [0.15, 0.2) is 27.8 Å². The molecule has 0 bridgehead atoms. The lowest BCUT2D eigenvalue weighted by atomic mass is 10.0. The van der Waals surface area contributed by atoms with Gasteiger partial charge in [-0.25, -0.2) is 4.98 Å². The predicted octanol–water partition coefficient (Wildman–Crippen LogP) is 3.57. The SMILES string of the molecule is CN=C(NCCCc1nc2c(s1)CCCC2)NCCc1ccco1.I. The van der Waals surface area contributed by atoms with E-state index in [4.69, 9.17) is 9.40 Å². The molecule has 0 atom stereocenters. The molecule has 3 rings (SSSR count). The van der Waals surface area contributed by atoms with Crippen molar-refractivity contribution in [2.24, 2.45) is 4.99 Å². The number of thiazole rings is 1. The largest absolute Gasteiger partial charge is 0.469 e. The smallest absolute Gasteiger partial charge is 0.190 e. The highest BCUT2D eigenvalue weighted by Gasteiger charge is 2.14. The number of hydrogen-bond acceptors (Lipinski definition) is 4. The highest BCUT2D eigenvalue weighted by Crippen LogP contribution is 2.27. The van der Waals surface area contributed by atoms with Crippen molar-refractivity contribution in [1.82, 2.24) is 15.6 Å². The summed E-state index contributed by atoms with van der Waals surface area (Å²) in [5.41, 5.74) is 1.37. The Morgan fingerprint density at radius 3 is 2.84 bits per heavy atom. The molecule has 2 aromatic rings. The number of halogens is 1. The van der Waals surface area contributed by atoms with Crippen molar-refractivity contribution >= 4 is 41.3 Å². The number of guanidine groups is 1. The van der Waals surface area contributed by atoms with E-state index in [1.807, 2.05) is 23.5 Å². The van der Waals surface area contributed by atoms with Crippen LogP contribution in [0.2, 0.25) is 0 Å². The maximum atomic E-state index is 5.32. The van der Waals surface area contributed by atoms with E-state index >= 15 is 0 Å². The number of nitrogens with one attached hydrogen (secondary N) is 2. The van der Waals surface area contributed by atoms with Crippen LogP contribution in [0.3, 0.4) is 0 Å². The lowest BCUT2D eigenvalue weighted by Gasteiger charge is -2.10. The summed E-state index contributed by atoms with van der Waals surface area (Å²) in [4.78, 5) is 10.6. The molecule has 0 aromatic carbocycles. The van der Waals surface area contributed by atoms with Crippen molar-refractivity contribution in [2.75, 3.05) is 20.1 Å². The minimum absolute atomic E-state index is 0. The molecule has 25 heavy (non-hydrogen) atoms. The van der Waals surface area contributed by atoms with E-state index in [9.17, 15) is 0 Å². The second kappa shape index (κ2) is 10.8. The number of fused-ring (bicyclic) bond motifs is 1. The van der Waals surface area contributed by atoms with Gasteiger partial charge in [-0.05, 0) is 44.2 Å². The summed E-state index contributed by atoms with van der Waals surface area (Å²) in [5.74, 6) is 1.84. The molecule has 1 aliphatic carbocycles. The molecule has 0 unspecified atom stereocenters. The van der Waals surface area contributed by atoms with Crippen LogP contribution in [0.1, 0.15) is 40.6 Å². The summed E-state index contributed by atoms with van der Waals surface area (Å²) in [6.45, 7) is 1.72. The number of furan rings is 1. The second-order valence-corrected chi connectivity index (χ2v) is 7.21. The maximum Gasteiger partial charge on any atom is 0.190 e. The molecule has 2 N–H and O–H groups in total. The summed E-state index contributed by atoms with van der Waals surface area (Å²) < 4.78 is 5.32. The van der Waals surface area contributed by atoms with Crippen molar-refractivity contribution in [2.45, 2.75) is 44.9 Å². The van der Waals surface area contributed by atoms with E-state index in [0.717, 1.165) is 44.1 Å². The third-order valence-electron chi connectivity index (χ3n) is 4.22. The molecule has 0 radical (unpaired) electrons. The Labute approximate surface area is 170 Å². The van der Waals surface area contributed by atoms with Gasteiger partial charge in [-0.15, -0.1) is 35.3 Å². The summed E-state index contributed by atoms with van der Waals surface area (Å²) >= 11 is 1.92. The molecule has 0 aliphatic heterocycles. The Kier molecular flexibility index (Phi) is 8.74. The van der Waals surface area contributed by atoms with E-state index in [1.165, 1.54) is 41.3 Å². The molecule has 0 amide bonds. The van der Waals surface area contributed by atoms with Crippen LogP contribution in [0.25, 0.3) is 0 Å². The van der Waals surface area contributed by atoms with E-state index in [0.29, 0.717) is 0 Å². The third-order valence-corrected chi connectivity index (χ3v) is 5.43.